The Morgan fingerprint density at radius 1 is 1.11 bits per heavy atom. The van der Waals surface area contributed by atoms with E-state index >= 15 is 0 Å². The number of nitrogens with zero attached hydrogens (tertiary/aromatic N) is 4. The average Bonchev–Trinajstić information content (AvgIpc) is 3.28. The summed E-state index contributed by atoms with van der Waals surface area (Å²) in [4.78, 5) is 11.2. The molecule has 0 fully saturated rings. The van der Waals surface area contributed by atoms with Crippen LogP contribution in [0.4, 0.5) is 5.13 Å². The largest absolute Gasteiger partial charge is 0.383 e. The van der Waals surface area contributed by atoms with E-state index in [9.17, 15) is 0 Å². The quantitative estimate of drug-likeness (QED) is 0.345. The van der Waals surface area contributed by atoms with Crippen molar-refractivity contribution in [1.29, 1.82) is 0 Å². The van der Waals surface area contributed by atoms with Gasteiger partial charge in [0.2, 0.25) is 5.13 Å². The molecule has 0 spiro atoms. The molecule has 0 atom stereocenters. The highest BCUT2D eigenvalue weighted by atomic mass is 32.2. The fourth-order valence-corrected chi connectivity index (χ4v) is 5.71. The Kier molecular flexibility index (Phi) is 5.63. The number of rotatable bonds is 7. The third kappa shape index (κ3) is 3.96. The number of anilines is 1. The zero-order valence-corrected chi connectivity index (χ0v) is 17.2. The van der Waals surface area contributed by atoms with Crippen LogP contribution in [-0.4, -0.2) is 40.4 Å². The van der Waals surface area contributed by atoms with Crippen LogP contribution in [0.1, 0.15) is 5.56 Å². The van der Waals surface area contributed by atoms with Crippen molar-refractivity contribution in [1.82, 2.24) is 20.2 Å². The minimum atomic E-state index is 0.630. The van der Waals surface area contributed by atoms with Crippen molar-refractivity contribution in [3.63, 3.8) is 0 Å². The third-order valence-corrected chi connectivity index (χ3v) is 7.08. The molecule has 4 rings (SSSR count). The van der Waals surface area contributed by atoms with Gasteiger partial charge in [0.05, 0.1) is 6.61 Å². The van der Waals surface area contributed by atoms with Gasteiger partial charge in [-0.05, 0) is 29.8 Å². The van der Waals surface area contributed by atoms with Gasteiger partial charge in [-0.25, -0.2) is 9.97 Å². The van der Waals surface area contributed by atoms with Crippen LogP contribution in [0.2, 0.25) is 0 Å². The lowest BCUT2D eigenvalue weighted by Crippen LogP contribution is -2.06. The summed E-state index contributed by atoms with van der Waals surface area (Å²) in [5, 5.41) is 14.4. The minimum Gasteiger partial charge on any atom is -0.383 e. The van der Waals surface area contributed by atoms with Gasteiger partial charge in [-0.15, -0.1) is 21.5 Å². The smallest absolute Gasteiger partial charge is 0.206 e. The van der Waals surface area contributed by atoms with Gasteiger partial charge in [-0.2, -0.15) is 0 Å². The summed E-state index contributed by atoms with van der Waals surface area (Å²) in [6.45, 7) is 3.47. The highest BCUT2D eigenvalue weighted by molar-refractivity contribution is 8.01. The van der Waals surface area contributed by atoms with E-state index in [0.717, 1.165) is 24.7 Å². The van der Waals surface area contributed by atoms with Gasteiger partial charge < -0.3 is 10.1 Å². The Morgan fingerprint density at radius 2 is 1.96 bits per heavy atom. The molecule has 9 heteroatoms. The molecule has 27 heavy (non-hydrogen) atoms. The monoisotopic (exact) mass is 415 g/mol. The highest BCUT2D eigenvalue weighted by Gasteiger charge is 2.17. The fourth-order valence-electron chi connectivity index (χ4n) is 2.65. The van der Waals surface area contributed by atoms with Crippen LogP contribution >= 0.6 is 34.4 Å². The molecule has 3 heterocycles. The van der Waals surface area contributed by atoms with Crippen LogP contribution < -0.4 is 5.32 Å². The van der Waals surface area contributed by atoms with Gasteiger partial charge in [0.15, 0.2) is 4.34 Å². The second-order valence-electron chi connectivity index (χ2n) is 5.68. The van der Waals surface area contributed by atoms with Crippen molar-refractivity contribution in [3.05, 3.63) is 42.2 Å². The van der Waals surface area contributed by atoms with E-state index in [1.165, 1.54) is 39.1 Å². The number of aryl methyl sites for hydroxylation is 1. The number of hydrogen-bond acceptors (Lipinski definition) is 9. The Bertz CT molecular complexity index is 1050. The molecule has 0 bridgehead atoms. The predicted octanol–water partition coefficient (Wildman–Crippen LogP) is 4.73. The predicted molar refractivity (Wildman–Crippen MR) is 112 cm³/mol. The lowest BCUT2D eigenvalue weighted by molar-refractivity contribution is 0.211. The second-order valence-corrected chi connectivity index (χ2v) is 8.89. The zero-order chi connectivity index (χ0) is 18.6. The lowest BCUT2D eigenvalue weighted by atomic mass is 10.1. The number of methoxy groups -OCH3 is 1. The zero-order valence-electron chi connectivity index (χ0n) is 14.8. The molecular formula is C18H17N5OS3. The highest BCUT2D eigenvalue weighted by Crippen LogP contribution is 2.42. The molecule has 0 unspecified atom stereocenters. The van der Waals surface area contributed by atoms with E-state index < -0.39 is 0 Å². The Labute approximate surface area is 169 Å². The number of hydrogen-bond donors (Lipinski definition) is 1. The van der Waals surface area contributed by atoms with E-state index in [2.05, 4.69) is 56.7 Å². The van der Waals surface area contributed by atoms with Gasteiger partial charge in [0, 0.05) is 23.9 Å². The van der Waals surface area contributed by atoms with Crippen LogP contribution in [0, 0.1) is 6.92 Å². The van der Waals surface area contributed by atoms with Gasteiger partial charge in [-0.3, -0.25) is 0 Å². The van der Waals surface area contributed by atoms with Gasteiger partial charge >= 0.3 is 0 Å². The number of ether oxygens (including phenoxy) is 1. The normalized spacial score (nSPS) is 11.2. The molecule has 0 saturated heterocycles. The molecule has 4 aromatic rings. The van der Waals surface area contributed by atoms with E-state index in [1.807, 2.05) is 6.07 Å². The first-order valence-electron chi connectivity index (χ1n) is 8.30. The minimum absolute atomic E-state index is 0.630. The molecule has 0 aliphatic heterocycles. The van der Waals surface area contributed by atoms with Gasteiger partial charge in [-0.1, -0.05) is 41.7 Å². The molecule has 1 aromatic carbocycles. The summed E-state index contributed by atoms with van der Waals surface area (Å²) < 4.78 is 5.89. The van der Waals surface area contributed by atoms with Crippen molar-refractivity contribution < 1.29 is 4.74 Å². The Hall–Kier alpha value is -2.07. The molecule has 3 aromatic heterocycles. The molecule has 0 amide bonds. The number of fused-ring (bicyclic) bond motifs is 1. The molecule has 0 radical (unpaired) electrons. The fraction of sp³-hybridized carbons (Fsp3) is 0.222. The SMILES string of the molecule is COCCNc1nnc(Sc2ncnc3sc(-c4ccccc4)c(C)c23)s1. The molecular weight excluding hydrogens is 398 g/mol. The Balaban J connectivity index is 1.64. The van der Waals surface area contributed by atoms with E-state index in [0.29, 0.717) is 13.2 Å². The Morgan fingerprint density at radius 3 is 2.78 bits per heavy atom. The number of aromatic nitrogens is 4. The maximum atomic E-state index is 5.04. The van der Waals surface area contributed by atoms with Crippen molar-refractivity contribution >= 4 is 49.8 Å². The summed E-state index contributed by atoms with van der Waals surface area (Å²) in [5.74, 6) is 0. The first kappa shape index (κ1) is 18.3. The van der Waals surface area contributed by atoms with Crippen molar-refractivity contribution in [2.45, 2.75) is 16.3 Å². The average molecular weight is 416 g/mol. The molecule has 138 valence electrons. The number of benzene rings is 1. The van der Waals surface area contributed by atoms with E-state index in [-0.39, 0.29) is 0 Å². The van der Waals surface area contributed by atoms with Crippen LogP contribution in [0.5, 0.6) is 0 Å². The number of nitrogens with one attached hydrogen (secondary N) is 1. The van der Waals surface area contributed by atoms with E-state index in [1.54, 1.807) is 24.8 Å². The van der Waals surface area contributed by atoms with Crippen molar-refractivity contribution in [3.8, 4) is 10.4 Å². The van der Waals surface area contributed by atoms with Crippen LogP contribution in [0.3, 0.4) is 0 Å². The topological polar surface area (TPSA) is 72.8 Å². The van der Waals surface area contributed by atoms with Crippen LogP contribution in [0.25, 0.3) is 20.7 Å². The van der Waals surface area contributed by atoms with Gasteiger partial charge in [0.25, 0.3) is 0 Å². The summed E-state index contributed by atoms with van der Waals surface area (Å²) >= 11 is 4.74. The van der Waals surface area contributed by atoms with Crippen LogP contribution in [-0.2, 0) is 4.74 Å². The van der Waals surface area contributed by atoms with Gasteiger partial charge in [0.1, 0.15) is 16.2 Å². The summed E-state index contributed by atoms with van der Waals surface area (Å²) in [6, 6.07) is 10.4. The van der Waals surface area contributed by atoms with Crippen molar-refractivity contribution in [2.75, 3.05) is 25.6 Å². The molecule has 1 N–H and O–H groups in total. The first-order valence-corrected chi connectivity index (χ1v) is 10.7. The molecule has 0 saturated carbocycles. The third-order valence-electron chi connectivity index (χ3n) is 3.90. The standard InChI is InChI=1S/C18H17N5OS3/c1-11-13-15(25-14(11)12-6-4-3-5-7-12)20-10-21-16(13)26-18-23-22-17(27-18)19-8-9-24-2/h3-7,10H,8-9H2,1-2H3,(H,19,22). The summed E-state index contributed by atoms with van der Waals surface area (Å²) in [6.07, 6.45) is 1.62. The molecule has 0 aliphatic carbocycles. The molecule has 0 aliphatic rings. The van der Waals surface area contributed by atoms with Crippen LogP contribution in [0.15, 0.2) is 46.0 Å². The maximum absolute atomic E-state index is 5.04. The summed E-state index contributed by atoms with van der Waals surface area (Å²) in [5.41, 5.74) is 2.40. The van der Waals surface area contributed by atoms with Crippen molar-refractivity contribution in [2.24, 2.45) is 0 Å². The first-order chi connectivity index (χ1) is 13.3. The number of thiophene rings is 1. The summed E-state index contributed by atoms with van der Waals surface area (Å²) in [7, 11) is 1.68. The van der Waals surface area contributed by atoms with E-state index in [4.69, 9.17) is 4.74 Å². The molecule has 6 nitrogen and oxygen atoms in total. The lowest BCUT2D eigenvalue weighted by Gasteiger charge is -2.01. The maximum Gasteiger partial charge on any atom is 0.206 e. The second kappa shape index (κ2) is 8.30.